The predicted octanol–water partition coefficient (Wildman–Crippen LogP) is 2.78. The van der Waals surface area contributed by atoms with E-state index in [0.717, 1.165) is 12.8 Å². The topological polar surface area (TPSA) is 64.1 Å². The van der Waals surface area contributed by atoms with E-state index in [1.807, 2.05) is 13.8 Å². The predicted molar refractivity (Wildman–Crippen MR) is 73.0 cm³/mol. The number of aromatic nitrogens is 2. The minimum absolute atomic E-state index is 0.0534. The lowest BCUT2D eigenvalue weighted by Crippen LogP contribution is -2.22. The number of nitrogens with one attached hydrogen (secondary N) is 1. The van der Waals surface area contributed by atoms with Gasteiger partial charge >= 0.3 is 6.01 Å². The molecule has 0 spiro atoms. The Morgan fingerprint density at radius 2 is 2.11 bits per heavy atom. The maximum absolute atomic E-state index is 11.6. The molecule has 1 aliphatic rings. The lowest BCUT2D eigenvalue weighted by Gasteiger charge is -2.21. The van der Waals surface area contributed by atoms with Gasteiger partial charge in [-0.05, 0) is 31.7 Å². The lowest BCUT2D eigenvalue weighted by atomic mass is 9.98. The molecule has 0 unspecified atom stereocenters. The summed E-state index contributed by atoms with van der Waals surface area (Å²) in [6, 6.07) is 2.03. The molecule has 1 fully saturated rings. The van der Waals surface area contributed by atoms with Crippen LogP contribution < -0.4 is 10.1 Å². The average Bonchev–Trinajstić information content (AvgIpc) is 2.40. The summed E-state index contributed by atoms with van der Waals surface area (Å²) in [6.07, 6.45) is 7.64. The van der Waals surface area contributed by atoms with Crippen LogP contribution in [0.15, 0.2) is 12.3 Å². The number of nitrogens with zero attached hydrogens (tertiary/aromatic N) is 2. The summed E-state index contributed by atoms with van der Waals surface area (Å²) in [4.78, 5) is 19.9. The number of hydrogen-bond donors (Lipinski definition) is 1. The Balaban J connectivity index is 1.96. The molecular weight excluding hydrogens is 242 g/mol. The molecule has 0 bridgehead atoms. The Bertz CT molecular complexity index is 428. The molecule has 5 nitrogen and oxygen atoms in total. The van der Waals surface area contributed by atoms with Gasteiger partial charge in [0.2, 0.25) is 5.91 Å². The molecule has 5 heteroatoms. The fourth-order valence-corrected chi connectivity index (χ4v) is 2.07. The number of amides is 1. The highest BCUT2D eigenvalue weighted by molar-refractivity contribution is 5.91. The minimum Gasteiger partial charge on any atom is -0.460 e. The maximum Gasteiger partial charge on any atom is 0.318 e. The molecule has 1 N–H and O–H groups in total. The van der Waals surface area contributed by atoms with Gasteiger partial charge in [-0.25, -0.2) is 4.98 Å². The van der Waals surface area contributed by atoms with Gasteiger partial charge in [0.05, 0.1) is 0 Å². The first-order chi connectivity index (χ1) is 9.15. The fraction of sp³-hybridized carbons (Fsp3) is 0.643. The van der Waals surface area contributed by atoms with Gasteiger partial charge in [-0.1, -0.05) is 20.3 Å². The van der Waals surface area contributed by atoms with Crippen LogP contribution in [0.2, 0.25) is 0 Å². The van der Waals surface area contributed by atoms with Crippen molar-refractivity contribution in [1.29, 1.82) is 0 Å². The van der Waals surface area contributed by atoms with Crippen LogP contribution in [0.3, 0.4) is 0 Å². The fourth-order valence-electron chi connectivity index (χ4n) is 2.07. The van der Waals surface area contributed by atoms with Crippen LogP contribution in [0.5, 0.6) is 6.01 Å². The first-order valence-electron chi connectivity index (χ1n) is 6.95. The molecule has 1 heterocycles. The van der Waals surface area contributed by atoms with Gasteiger partial charge in [0.25, 0.3) is 0 Å². The maximum atomic E-state index is 11.6. The van der Waals surface area contributed by atoms with Crippen molar-refractivity contribution in [2.24, 2.45) is 5.92 Å². The average molecular weight is 263 g/mol. The molecule has 0 saturated heterocycles. The van der Waals surface area contributed by atoms with Crippen LogP contribution in [0.4, 0.5) is 5.82 Å². The second kappa shape index (κ2) is 6.50. The van der Waals surface area contributed by atoms with Crippen molar-refractivity contribution in [3.05, 3.63) is 12.3 Å². The third kappa shape index (κ3) is 4.19. The normalized spacial score (nSPS) is 16.4. The van der Waals surface area contributed by atoms with Crippen molar-refractivity contribution in [2.45, 2.75) is 52.1 Å². The monoisotopic (exact) mass is 263 g/mol. The van der Waals surface area contributed by atoms with Crippen LogP contribution in [0.25, 0.3) is 0 Å². The standard InChI is InChI=1S/C14H21N3O2/c1-10(2)13(18)16-12-8-9-15-14(17-12)19-11-6-4-3-5-7-11/h8-11H,3-7H2,1-2H3,(H,15,16,17,18). The van der Waals surface area contributed by atoms with Gasteiger partial charge in [0.1, 0.15) is 11.9 Å². The summed E-state index contributed by atoms with van der Waals surface area (Å²) in [5.74, 6) is 0.375. The Hall–Kier alpha value is -1.65. The zero-order valence-electron chi connectivity index (χ0n) is 11.6. The number of carbonyl (C=O) groups is 1. The number of anilines is 1. The van der Waals surface area contributed by atoms with Crippen molar-refractivity contribution in [3.63, 3.8) is 0 Å². The molecule has 2 rings (SSSR count). The molecular formula is C14H21N3O2. The number of carbonyl (C=O) groups excluding carboxylic acids is 1. The smallest absolute Gasteiger partial charge is 0.318 e. The SMILES string of the molecule is CC(C)C(=O)Nc1ccnc(OC2CCCCC2)n1. The van der Waals surface area contributed by atoms with E-state index in [-0.39, 0.29) is 17.9 Å². The third-order valence-corrected chi connectivity index (χ3v) is 3.23. The van der Waals surface area contributed by atoms with Crippen molar-refractivity contribution in [1.82, 2.24) is 9.97 Å². The lowest BCUT2D eigenvalue weighted by molar-refractivity contribution is -0.118. The quantitative estimate of drug-likeness (QED) is 0.907. The molecule has 0 radical (unpaired) electrons. The van der Waals surface area contributed by atoms with Gasteiger partial charge in [0.15, 0.2) is 0 Å². The van der Waals surface area contributed by atoms with Crippen molar-refractivity contribution in [3.8, 4) is 6.01 Å². The van der Waals surface area contributed by atoms with Gasteiger partial charge < -0.3 is 10.1 Å². The van der Waals surface area contributed by atoms with Crippen molar-refractivity contribution < 1.29 is 9.53 Å². The molecule has 1 amide bonds. The summed E-state index contributed by atoms with van der Waals surface area (Å²) in [5.41, 5.74) is 0. The summed E-state index contributed by atoms with van der Waals surface area (Å²) >= 11 is 0. The van der Waals surface area contributed by atoms with E-state index in [9.17, 15) is 4.79 Å². The van der Waals surface area contributed by atoms with E-state index in [0.29, 0.717) is 11.8 Å². The molecule has 1 saturated carbocycles. The van der Waals surface area contributed by atoms with E-state index >= 15 is 0 Å². The van der Waals surface area contributed by atoms with E-state index in [1.54, 1.807) is 12.3 Å². The number of ether oxygens (including phenoxy) is 1. The van der Waals surface area contributed by atoms with Crippen LogP contribution in [0, 0.1) is 5.92 Å². The van der Waals surface area contributed by atoms with Crippen LogP contribution in [-0.4, -0.2) is 22.0 Å². The van der Waals surface area contributed by atoms with Crippen molar-refractivity contribution in [2.75, 3.05) is 5.32 Å². The van der Waals surface area contributed by atoms with Crippen LogP contribution in [0.1, 0.15) is 46.0 Å². The Morgan fingerprint density at radius 1 is 1.37 bits per heavy atom. The van der Waals surface area contributed by atoms with Gasteiger partial charge in [0, 0.05) is 12.1 Å². The number of hydrogen-bond acceptors (Lipinski definition) is 4. The molecule has 0 atom stereocenters. The molecule has 1 aromatic rings. The Kier molecular flexibility index (Phi) is 4.71. The largest absolute Gasteiger partial charge is 0.460 e. The third-order valence-electron chi connectivity index (χ3n) is 3.23. The summed E-state index contributed by atoms with van der Waals surface area (Å²) < 4.78 is 5.76. The van der Waals surface area contributed by atoms with E-state index in [4.69, 9.17) is 4.74 Å². The summed E-state index contributed by atoms with van der Waals surface area (Å²) in [6.45, 7) is 3.69. The molecule has 104 valence electrons. The van der Waals surface area contributed by atoms with Gasteiger partial charge in [-0.2, -0.15) is 4.98 Å². The van der Waals surface area contributed by atoms with Gasteiger partial charge in [-0.3, -0.25) is 4.79 Å². The molecule has 19 heavy (non-hydrogen) atoms. The van der Waals surface area contributed by atoms with Crippen LogP contribution in [-0.2, 0) is 4.79 Å². The summed E-state index contributed by atoms with van der Waals surface area (Å²) in [5, 5.41) is 2.75. The first-order valence-corrected chi connectivity index (χ1v) is 6.95. The minimum atomic E-state index is -0.0716. The molecule has 1 aromatic heterocycles. The van der Waals surface area contributed by atoms with E-state index in [2.05, 4.69) is 15.3 Å². The second-order valence-electron chi connectivity index (χ2n) is 5.25. The van der Waals surface area contributed by atoms with Crippen LogP contribution >= 0.6 is 0 Å². The zero-order chi connectivity index (χ0) is 13.7. The Labute approximate surface area is 113 Å². The Morgan fingerprint density at radius 3 is 2.79 bits per heavy atom. The summed E-state index contributed by atoms with van der Waals surface area (Å²) in [7, 11) is 0. The molecule has 0 aliphatic heterocycles. The number of rotatable bonds is 4. The first kappa shape index (κ1) is 13.8. The molecule has 0 aromatic carbocycles. The van der Waals surface area contributed by atoms with Gasteiger partial charge in [-0.15, -0.1) is 0 Å². The van der Waals surface area contributed by atoms with E-state index < -0.39 is 0 Å². The highest BCUT2D eigenvalue weighted by atomic mass is 16.5. The van der Waals surface area contributed by atoms with E-state index in [1.165, 1.54) is 19.3 Å². The second-order valence-corrected chi connectivity index (χ2v) is 5.25. The highest BCUT2D eigenvalue weighted by Crippen LogP contribution is 2.21. The zero-order valence-corrected chi connectivity index (χ0v) is 11.6. The van der Waals surface area contributed by atoms with Crippen molar-refractivity contribution >= 4 is 11.7 Å². The highest BCUT2D eigenvalue weighted by Gasteiger charge is 2.16. The molecule has 1 aliphatic carbocycles.